The van der Waals surface area contributed by atoms with Crippen molar-refractivity contribution in [3.63, 3.8) is 0 Å². The van der Waals surface area contributed by atoms with Crippen molar-refractivity contribution in [1.29, 1.82) is 0 Å². The summed E-state index contributed by atoms with van der Waals surface area (Å²) in [6.45, 7) is 2.22. The summed E-state index contributed by atoms with van der Waals surface area (Å²) in [5.41, 5.74) is 0.193. The van der Waals surface area contributed by atoms with E-state index in [0.717, 1.165) is 0 Å². The minimum atomic E-state index is -0.680. The molecule has 160 valence electrons. The maximum Gasteiger partial charge on any atom is 0.338 e. The summed E-state index contributed by atoms with van der Waals surface area (Å²) in [6.07, 6.45) is 0. The van der Waals surface area contributed by atoms with Gasteiger partial charge in [0.05, 0.1) is 32.5 Å². The van der Waals surface area contributed by atoms with Crippen LogP contribution in [0.1, 0.15) is 10.4 Å². The second kappa shape index (κ2) is 11.9. The smallest absolute Gasteiger partial charge is 0.338 e. The van der Waals surface area contributed by atoms with Gasteiger partial charge in [0.2, 0.25) is 0 Å². The SMILES string of the molecule is COCCNC(=O)COC(=O)c1ccc(OCC(=O)N2CCOCC2)c(OC)c1. The van der Waals surface area contributed by atoms with Crippen LogP contribution < -0.4 is 14.8 Å². The number of benzene rings is 1. The Hall–Kier alpha value is -2.85. The molecule has 0 unspecified atom stereocenters. The summed E-state index contributed by atoms with van der Waals surface area (Å²) in [6, 6.07) is 4.42. The van der Waals surface area contributed by atoms with Crippen molar-refractivity contribution in [3.8, 4) is 11.5 Å². The van der Waals surface area contributed by atoms with Crippen LogP contribution in [0.3, 0.4) is 0 Å². The molecule has 0 spiro atoms. The first kappa shape index (κ1) is 22.4. The first-order valence-corrected chi connectivity index (χ1v) is 9.14. The molecular formula is C19H26N2O8. The van der Waals surface area contributed by atoms with Gasteiger partial charge in [-0.05, 0) is 18.2 Å². The van der Waals surface area contributed by atoms with Crippen LogP contribution in [0.15, 0.2) is 18.2 Å². The quantitative estimate of drug-likeness (QED) is 0.419. The lowest BCUT2D eigenvalue weighted by Crippen LogP contribution is -2.43. The van der Waals surface area contributed by atoms with Gasteiger partial charge in [-0.2, -0.15) is 0 Å². The molecule has 1 heterocycles. The van der Waals surface area contributed by atoms with Crippen molar-refractivity contribution in [2.75, 3.05) is 66.9 Å². The number of methoxy groups -OCH3 is 2. The Kier molecular flexibility index (Phi) is 9.19. The monoisotopic (exact) mass is 410 g/mol. The fourth-order valence-electron chi connectivity index (χ4n) is 2.52. The van der Waals surface area contributed by atoms with E-state index in [1.54, 1.807) is 4.90 Å². The summed E-state index contributed by atoms with van der Waals surface area (Å²) in [5.74, 6) is -0.662. The zero-order valence-corrected chi connectivity index (χ0v) is 16.6. The molecule has 2 amide bonds. The molecule has 0 radical (unpaired) electrons. The van der Waals surface area contributed by atoms with Crippen LogP contribution in [0.25, 0.3) is 0 Å². The molecule has 1 aromatic carbocycles. The maximum atomic E-state index is 12.2. The summed E-state index contributed by atoms with van der Waals surface area (Å²) in [5, 5.41) is 2.55. The number of hydrogen-bond donors (Lipinski definition) is 1. The third-order valence-corrected chi connectivity index (χ3v) is 4.08. The molecule has 1 fully saturated rings. The van der Waals surface area contributed by atoms with Crippen LogP contribution in [0.2, 0.25) is 0 Å². The predicted octanol–water partition coefficient (Wildman–Crippen LogP) is -0.148. The van der Waals surface area contributed by atoms with Crippen molar-refractivity contribution in [2.45, 2.75) is 0 Å². The zero-order chi connectivity index (χ0) is 21.1. The lowest BCUT2D eigenvalue weighted by molar-refractivity contribution is -0.137. The summed E-state index contributed by atoms with van der Waals surface area (Å²) >= 11 is 0. The van der Waals surface area contributed by atoms with Gasteiger partial charge in [0, 0.05) is 26.7 Å². The Labute approximate surface area is 169 Å². The lowest BCUT2D eigenvalue weighted by Gasteiger charge is -2.26. The summed E-state index contributed by atoms with van der Waals surface area (Å²) in [7, 11) is 2.94. The molecule has 1 aliphatic rings. The lowest BCUT2D eigenvalue weighted by atomic mass is 10.2. The largest absolute Gasteiger partial charge is 0.493 e. The average molecular weight is 410 g/mol. The number of esters is 1. The fourth-order valence-corrected chi connectivity index (χ4v) is 2.52. The Bertz CT molecular complexity index is 703. The number of hydrogen-bond acceptors (Lipinski definition) is 8. The molecule has 1 saturated heterocycles. The van der Waals surface area contributed by atoms with Gasteiger partial charge in [0.25, 0.3) is 11.8 Å². The number of nitrogens with one attached hydrogen (secondary N) is 1. The number of nitrogens with zero attached hydrogens (tertiary/aromatic N) is 1. The maximum absolute atomic E-state index is 12.2. The van der Waals surface area contributed by atoms with Crippen LogP contribution in [0.5, 0.6) is 11.5 Å². The fraction of sp³-hybridized carbons (Fsp3) is 0.526. The molecule has 29 heavy (non-hydrogen) atoms. The van der Waals surface area contributed by atoms with Gasteiger partial charge in [-0.25, -0.2) is 4.79 Å². The van der Waals surface area contributed by atoms with Crippen molar-refractivity contribution < 1.29 is 38.1 Å². The van der Waals surface area contributed by atoms with E-state index in [9.17, 15) is 14.4 Å². The van der Waals surface area contributed by atoms with E-state index in [2.05, 4.69) is 5.32 Å². The molecule has 0 saturated carbocycles. The highest BCUT2D eigenvalue weighted by atomic mass is 16.5. The highest BCUT2D eigenvalue weighted by molar-refractivity contribution is 5.92. The molecule has 10 nitrogen and oxygen atoms in total. The van der Waals surface area contributed by atoms with Gasteiger partial charge in [0.15, 0.2) is 24.7 Å². The van der Waals surface area contributed by atoms with Gasteiger partial charge in [0.1, 0.15) is 0 Å². The van der Waals surface area contributed by atoms with E-state index in [0.29, 0.717) is 45.2 Å². The van der Waals surface area contributed by atoms with Gasteiger partial charge in [-0.15, -0.1) is 0 Å². The Balaban J connectivity index is 1.87. The van der Waals surface area contributed by atoms with Crippen molar-refractivity contribution >= 4 is 17.8 Å². The number of carbonyl (C=O) groups excluding carboxylic acids is 3. The van der Waals surface area contributed by atoms with Crippen molar-refractivity contribution in [3.05, 3.63) is 23.8 Å². The molecule has 0 aliphatic carbocycles. The summed E-state index contributed by atoms with van der Waals surface area (Å²) in [4.78, 5) is 37.6. The second-order valence-corrected chi connectivity index (χ2v) is 6.07. The molecule has 0 aromatic heterocycles. The van der Waals surface area contributed by atoms with E-state index < -0.39 is 18.5 Å². The second-order valence-electron chi connectivity index (χ2n) is 6.07. The van der Waals surface area contributed by atoms with Crippen molar-refractivity contribution in [1.82, 2.24) is 10.2 Å². The number of carbonyl (C=O) groups is 3. The van der Waals surface area contributed by atoms with Crippen LogP contribution in [-0.4, -0.2) is 89.6 Å². The number of rotatable bonds is 10. The van der Waals surface area contributed by atoms with Crippen LogP contribution in [-0.2, 0) is 23.8 Å². The minimum absolute atomic E-state index is 0.151. The van der Waals surface area contributed by atoms with Crippen LogP contribution in [0.4, 0.5) is 0 Å². The Morgan fingerprint density at radius 2 is 1.86 bits per heavy atom. The first-order chi connectivity index (χ1) is 14.0. The normalized spacial score (nSPS) is 13.5. The highest BCUT2D eigenvalue weighted by Gasteiger charge is 2.19. The minimum Gasteiger partial charge on any atom is -0.493 e. The topological polar surface area (TPSA) is 113 Å². The van der Waals surface area contributed by atoms with Crippen LogP contribution >= 0.6 is 0 Å². The first-order valence-electron chi connectivity index (χ1n) is 9.14. The van der Waals surface area contributed by atoms with Gasteiger partial charge < -0.3 is 33.9 Å². The average Bonchev–Trinajstić information content (AvgIpc) is 2.76. The Morgan fingerprint density at radius 3 is 2.55 bits per heavy atom. The standard InChI is InChI=1S/C19H26N2O8/c1-25-8-5-20-17(22)12-29-19(24)14-3-4-15(16(11-14)26-2)28-13-18(23)21-6-9-27-10-7-21/h3-4,11H,5-10,12-13H2,1-2H3,(H,20,22). The van der Waals surface area contributed by atoms with E-state index in [1.807, 2.05) is 0 Å². The van der Waals surface area contributed by atoms with E-state index in [1.165, 1.54) is 32.4 Å². The number of morpholine rings is 1. The van der Waals surface area contributed by atoms with Gasteiger partial charge in [-0.1, -0.05) is 0 Å². The van der Waals surface area contributed by atoms with Crippen molar-refractivity contribution in [2.24, 2.45) is 0 Å². The molecule has 1 aromatic rings. The summed E-state index contributed by atoms with van der Waals surface area (Å²) < 4.78 is 25.8. The molecule has 0 bridgehead atoms. The molecule has 1 aliphatic heterocycles. The molecule has 2 rings (SSSR count). The zero-order valence-electron chi connectivity index (χ0n) is 16.6. The predicted molar refractivity (Wildman–Crippen MR) is 101 cm³/mol. The van der Waals surface area contributed by atoms with E-state index >= 15 is 0 Å². The third kappa shape index (κ3) is 7.24. The highest BCUT2D eigenvalue weighted by Crippen LogP contribution is 2.28. The third-order valence-electron chi connectivity index (χ3n) is 4.08. The number of ether oxygens (including phenoxy) is 5. The molecular weight excluding hydrogens is 384 g/mol. The Morgan fingerprint density at radius 1 is 1.10 bits per heavy atom. The molecule has 1 N–H and O–H groups in total. The van der Waals surface area contributed by atoms with E-state index in [-0.39, 0.29) is 23.8 Å². The van der Waals surface area contributed by atoms with E-state index in [4.69, 9.17) is 23.7 Å². The van der Waals surface area contributed by atoms with Gasteiger partial charge >= 0.3 is 5.97 Å². The molecule has 0 atom stereocenters. The number of amides is 2. The molecule has 10 heteroatoms. The van der Waals surface area contributed by atoms with Gasteiger partial charge in [-0.3, -0.25) is 9.59 Å². The van der Waals surface area contributed by atoms with Crippen LogP contribution in [0, 0.1) is 0 Å².